The molecule has 1 N–H and O–H groups in total. The molecule has 1 fully saturated rings. The Kier molecular flexibility index (Phi) is 4.37. The van der Waals surface area contributed by atoms with E-state index in [-0.39, 0.29) is 6.04 Å². The number of carbonyl (C=O) groups is 1. The molecule has 0 spiro atoms. The first-order valence-electron chi connectivity index (χ1n) is 6.28. The third-order valence-electron chi connectivity index (χ3n) is 3.20. The summed E-state index contributed by atoms with van der Waals surface area (Å²) in [5.74, 6) is 1.65. The van der Waals surface area contributed by atoms with E-state index in [2.05, 4.69) is 12.1 Å². The van der Waals surface area contributed by atoms with Crippen molar-refractivity contribution in [3.8, 4) is 0 Å². The predicted octanol–water partition coefficient (Wildman–Crippen LogP) is 3.03. The standard InChI is InChI=1S/C14H19NO3S/c1-14(2)15(13(16)17)12(8-18-14)10-19-9-11-6-4-3-5-7-11/h3-7,12H,8-10H2,1-2H3,(H,16,17)/t12-/m1/s1. The monoisotopic (exact) mass is 281 g/mol. The Hall–Kier alpha value is -1.20. The zero-order chi connectivity index (χ0) is 13.9. The summed E-state index contributed by atoms with van der Waals surface area (Å²) in [4.78, 5) is 12.7. The summed E-state index contributed by atoms with van der Waals surface area (Å²) in [6.45, 7) is 4.06. The smallest absolute Gasteiger partial charge is 0.409 e. The SMILES string of the molecule is CC1(C)OC[C@H](CSCc2ccccc2)N1C(=O)O. The van der Waals surface area contributed by atoms with E-state index in [9.17, 15) is 9.90 Å². The molecule has 1 amide bonds. The van der Waals surface area contributed by atoms with E-state index in [1.54, 1.807) is 25.6 Å². The van der Waals surface area contributed by atoms with Crippen LogP contribution in [0.4, 0.5) is 4.79 Å². The molecule has 0 bridgehead atoms. The summed E-state index contributed by atoms with van der Waals surface area (Å²) in [6, 6.07) is 10.1. The van der Waals surface area contributed by atoms with Gasteiger partial charge in [0.1, 0.15) is 5.72 Å². The van der Waals surface area contributed by atoms with Gasteiger partial charge in [-0.3, -0.25) is 4.90 Å². The van der Waals surface area contributed by atoms with Crippen LogP contribution in [0.2, 0.25) is 0 Å². The van der Waals surface area contributed by atoms with Crippen LogP contribution >= 0.6 is 11.8 Å². The third-order valence-corrected chi connectivity index (χ3v) is 4.36. The maximum Gasteiger partial charge on any atom is 0.409 e. The number of thioether (sulfide) groups is 1. The zero-order valence-electron chi connectivity index (χ0n) is 11.2. The number of nitrogens with zero attached hydrogens (tertiary/aromatic N) is 1. The van der Waals surface area contributed by atoms with Crippen LogP contribution in [-0.4, -0.2) is 40.2 Å². The number of benzene rings is 1. The molecule has 0 saturated carbocycles. The Bertz CT molecular complexity index is 436. The van der Waals surface area contributed by atoms with Gasteiger partial charge >= 0.3 is 6.09 Å². The second kappa shape index (κ2) is 5.84. The highest BCUT2D eigenvalue weighted by Gasteiger charge is 2.43. The van der Waals surface area contributed by atoms with E-state index in [1.807, 2.05) is 18.2 Å². The molecule has 1 heterocycles. The van der Waals surface area contributed by atoms with Crippen molar-refractivity contribution < 1.29 is 14.6 Å². The van der Waals surface area contributed by atoms with Crippen LogP contribution in [-0.2, 0) is 10.5 Å². The Morgan fingerprint density at radius 1 is 1.47 bits per heavy atom. The van der Waals surface area contributed by atoms with E-state index in [0.717, 1.165) is 11.5 Å². The van der Waals surface area contributed by atoms with Crippen molar-refractivity contribution in [3.05, 3.63) is 35.9 Å². The Balaban J connectivity index is 1.88. The van der Waals surface area contributed by atoms with Crippen LogP contribution in [0.5, 0.6) is 0 Å². The summed E-state index contributed by atoms with van der Waals surface area (Å²) < 4.78 is 5.56. The van der Waals surface area contributed by atoms with Gasteiger partial charge in [-0.2, -0.15) is 11.8 Å². The van der Waals surface area contributed by atoms with E-state index in [1.165, 1.54) is 10.5 Å². The number of carboxylic acid groups (broad SMARTS) is 1. The summed E-state index contributed by atoms with van der Waals surface area (Å²) >= 11 is 1.74. The minimum atomic E-state index is -0.909. The van der Waals surface area contributed by atoms with Crippen LogP contribution in [0.25, 0.3) is 0 Å². The summed E-state index contributed by atoms with van der Waals surface area (Å²) in [7, 11) is 0. The molecule has 2 rings (SSSR count). The number of hydrogen-bond acceptors (Lipinski definition) is 3. The van der Waals surface area contributed by atoms with Crippen LogP contribution in [0.1, 0.15) is 19.4 Å². The Morgan fingerprint density at radius 3 is 2.79 bits per heavy atom. The van der Waals surface area contributed by atoms with Crippen molar-refractivity contribution in [2.75, 3.05) is 12.4 Å². The number of rotatable bonds is 4. The van der Waals surface area contributed by atoms with E-state index >= 15 is 0 Å². The average molecular weight is 281 g/mol. The van der Waals surface area contributed by atoms with Crippen molar-refractivity contribution in [2.45, 2.75) is 31.4 Å². The maximum absolute atomic E-state index is 11.3. The lowest BCUT2D eigenvalue weighted by Gasteiger charge is -2.30. The molecule has 1 aliphatic heterocycles. The first kappa shape index (κ1) is 14.2. The van der Waals surface area contributed by atoms with E-state index < -0.39 is 11.8 Å². The molecule has 19 heavy (non-hydrogen) atoms. The second-order valence-electron chi connectivity index (χ2n) is 5.06. The average Bonchev–Trinajstić information content (AvgIpc) is 2.66. The molecule has 1 atom stereocenters. The van der Waals surface area contributed by atoms with Gasteiger partial charge in [-0.15, -0.1) is 0 Å². The molecule has 1 aromatic rings. The van der Waals surface area contributed by atoms with Crippen molar-refractivity contribution in [3.63, 3.8) is 0 Å². The molecule has 0 unspecified atom stereocenters. The van der Waals surface area contributed by atoms with Crippen molar-refractivity contribution >= 4 is 17.9 Å². The van der Waals surface area contributed by atoms with Crippen LogP contribution in [0, 0.1) is 0 Å². The van der Waals surface area contributed by atoms with Gasteiger partial charge in [-0.05, 0) is 19.4 Å². The molecule has 5 heteroatoms. The van der Waals surface area contributed by atoms with Gasteiger partial charge in [-0.25, -0.2) is 4.79 Å². The minimum absolute atomic E-state index is 0.0683. The number of hydrogen-bond donors (Lipinski definition) is 1. The lowest BCUT2D eigenvalue weighted by Crippen LogP contribution is -2.48. The minimum Gasteiger partial charge on any atom is -0.465 e. The first-order chi connectivity index (χ1) is 9.00. The molecule has 0 radical (unpaired) electrons. The zero-order valence-corrected chi connectivity index (χ0v) is 12.0. The Labute approximate surface area is 117 Å². The summed E-state index contributed by atoms with van der Waals surface area (Å²) in [6.07, 6.45) is -0.909. The number of amides is 1. The van der Waals surface area contributed by atoms with Crippen molar-refractivity contribution in [1.82, 2.24) is 4.90 Å². The molecule has 104 valence electrons. The quantitative estimate of drug-likeness (QED) is 0.921. The van der Waals surface area contributed by atoms with Gasteiger partial charge < -0.3 is 9.84 Å². The van der Waals surface area contributed by atoms with Gasteiger partial charge in [0.05, 0.1) is 12.6 Å². The van der Waals surface area contributed by atoms with Gasteiger partial charge in [0.25, 0.3) is 0 Å². The molecule has 1 aromatic carbocycles. The lowest BCUT2D eigenvalue weighted by molar-refractivity contribution is -0.0414. The van der Waals surface area contributed by atoms with E-state index in [0.29, 0.717) is 6.61 Å². The molecule has 4 nitrogen and oxygen atoms in total. The van der Waals surface area contributed by atoms with Crippen molar-refractivity contribution in [1.29, 1.82) is 0 Å². The van der Waals surface area contributed by atoms with Crippen molar-refractivity contribution in [2.24, 2.45) is 0 Å². The molecule has 1 saturated heterocycles. The topological polar surface area (TPSA) is 49.8 Å². The van der Waals surface area contributed by atoms with Gasteiger partial charge in [0.15, 0.2) is 0 Å². The predicted molar refractivity (Wildman–Crippen MR) is 76.3 cm³/mol. The largest absolute Gasteiger partial charge is 0.465 e. The van der Waals surface area contributed by atoms with Crippen LogP contribution in [0.15, 0.2) is 30.3 Å². The highest BCUT2D eigenvalue weighted by Crippen LogP contribution is 2.29. The highest BCUT2D eigenvalue weighted by molar-refractivity contribution is 7.98. The fourth-order valence-corrected chi connectivity index (χ4v) is 3.34. The highest BCUT2D eigenvalue weighted by atomic mass is 32.2. The maximum atomic E-state index is 11.3. The second-order valence-corrected chi connectivity index (χ2v) is 6.10. The first-order valence-corrected chi connectivity index (χ1v) is 7.44. The molecular formula is C14H19NO3S. The normalized spacial score (nSPS) is 21.6. The van der Waals surface area contributed by atoms with Crippen LogP contribution in [0.3, 0.4) is 0 Å². The fraction of sp³-hybridized carbons (Fsp3) is 0.500. The number of ether oxygens (including phenoxy) is 1. The summed E-state index contributed by atoms with van der Waals surface area (Å²) in [5, 5.41) is 9.27. The molecular weight excluding hydrogens is 262 g/mol. The van der Waals surface area contributed by atoms with Gasteiger partial charge in [-0.1, -0.05) is 30.3 Å². The Morgan fingerprint density at radius 2 is 2.16 bits per heavy atom. The lowest BCUT2D eigenvalue weighted by atomic mass is 10.2. The van der Waals surface area contributed by atoms with Gasteiger partial charge in [0, 0.05) is 11.5 Å². The van der Waals surface area contributed by atoms with Crippen LogP contribution < -0.4 is 0 Å². The fourth-order valence-electron chi connectivity index (χ4n) is 2.28. The third kappa shape index (κ3) is 3.42. The van der Waals surface area contributed by atoms with Gasteiger partial charge in [0.2, 0.25) is 0 Å². The molecule has 1 aliphatic rings. The van der Waals surface area contributed by atoms with E-state index in [4.69, 9.17) is 4.74 Å². The molecule has 0 aromatic heterocycles. The summed E-state index contributed by atoms with van der Waals surface area (Å²) in [5.41, 5.74) is 0.539. The molecule has 0 aliphatic carbocycles.